The first kappa shape index (κ1) is 19.9. The van der Waals surface area contributed by atoms with Crippen molar-refractivity contribution in [2.75, 3.05) is 5.32 Å². The third kappa shape index (κ3) is 4.33. The molecule has 3 aromatic rings. The molecule has 28 heavy (non-hydrogen) atoms. The van der Waals surface area contributed by atoms with Gasteiger partial charge < -0.3 is 5.32 Å². The van der Waals surface area contributed by atoms with Crippen LogP contribution in [0.15, 0.2) is 54.7 Å². The normalized spacial score (nSPS) is 12.1. The Balaban J connectivity index is 1.85. The lowest BCUT2D eigenvalue weighted by Crippen LogP contribution is -2.12. The molecule has 0 aliphatic rings. The van der Waals surface area contributed by atoms with E-state index in [1.165, 1.54) is 24.3 Å². The number of carbonyl (C=O) groups excluding carboxylic acids is 1. The van der Waals surface area contributed by atoms with E-state index in [0.29, 0.717) is 0 Å². The Bertz CT molecular complexity index is 1010. The number of nitrogens with one attached hydrogen (secondary N) is 1. The minimum Gasteiger partial charge on any atom is -0.332 e. The van der Waals surface area contributed by atoms with Crippen LogP contribution < -0.4 is 5.32 Å². The molecule has 0 bridgehead atoms. The van der Waals surface area contributed by atoms with Crippen molar-refractivity contribution in [3.8, 4) is 0 Å². The van der Waals surface area contributed by atoms with Crippen LogP contribution in [0.4, 0.5) is 37.2 Å². The second-order valence-electron chi connectivity index (χ2n) is 5.61. The highest BCUT2D eigenvalue weighted by Crippen LogP contribution is 2.35. The summed E-state index contributed by atoms with van der Waals surface area (Å²) >= 11 is 0.743. The van der Waals surface area contributed by atoms with E-state index >= 15 is 0 Å². The Morgan fingerprint density at radius 3 is 2.32 bits per heavy atom. The van der Waals surface area contributed by atoms with Gasteiger partial charge in [0.25, 0.3) is 0 Å². The first-order valence-electron chi connectivity index (χ1n) is 7.67. The zero-order valence-corrected chi connectivity index (χ0v) is 14.5. The molecule has 0 saturated heterocycles. The zero-order chi connectivity index (χ0) is 20.5. The van der Waals surface area contributed by atoms with Crippen LogP contribution in [0.25, 0.3) is 0 Å². The maximum absolute atomic E-state index is 13.1. The monoisotopic (exact) mass is 416 g/mol. The lowest BCUT2D eigenvalue weighted by molar-refractivity contribution is -0.138. The number of benzene rings is 2. The van der Waals surface area contributed by atoms with Gasteiger partial charge in [0.2, 0.25) is 5.78 Å². The summed E-state index contributed by atoms with van der Waals surface area (Å²) < 4.78 is 77.5. The minimum atomic E-state index is -4.70. The third-order valence-corrected chi connectivity index (χ3v) is 4.56. The van der Waals surface area contributed by atoms with Crippen molar-refractivity contribution in [3.63, 3.8) is 0 Å². The summed E-state index contributed by atoms with van der Waals surface area (Å²) in [5.74, 6) is -0.873. The molecular weight excluding hydrogens is 406 g/mol. The number of aromatic nitrogens is 1. The standard InChI is InChI=1S/C18H10F6N2OS/c19-17(20,21)10-4-3-5-11(8-10)26-16-25-9-14(28-16)15(27)12-6-1-2-7-13(12)18(22,23)24/h1-9H,(H,25,26). The third-order valence-electron chi connectivity index (χ3n) is 3.65. The Hall–Kier alpha value is -2.88. The van der Waals surface area contributed by atoms with Crippen molar-refractivity contribution in [2.45, 2.75) is 12.4 Å². The van der Waals surface area contributed by atoms with Gasteiger partial charge in [0.1, 0.15) is 0 Å². The molecule has 0 amide bonds. The van der Waals surface area contributed by atoms with Gasteiger partial charge in [-0.15, -0.1) is 0 Å². The highest BCUT2D eigenvalue weighted by Gasteiger charge is 2.35. The van der Waals surface area contributed by atoms with Crippen LogP contribution in [0.5, 0.6) is 0 Å². The van der Waals surface area contributed by atoms with Crippen molar-refractivity contribution in [1.29, 1.82) is 0 Å². The fourth-order valence-electron chi connectivity index (χ4n) is 2.39. The molecule has 0 aliphatic heterocycles. The molecule has 3 rings (SSSR count). The zero-order valence-electron chi connectivity index (χ0n) is 13.7. The quantitative estimate of drug-likeness (QED) is 0.409. The van der Waals surface area contributed by atoms with Crippen molar-refractivity contribution in [3.05, 3.63) is 76.3 Å². The smallest absolute Gasteiger partial charge is 0.332 e. The van der Waals surface area contributed by atoms with E-state index in [4.69, 9.17) is 0 Å². The number of anilines is 2. The topological polar surface area (TPSA) is 42.0 Å². The number of rotatable bonds is 4. The lowest BCUT2D eigenvalue weighted by atomic mass is 10.0. The largest absolute Gasteiger partial charge is 0.417 e. The highest BCUT2D eigenvalue weighted by molar-refractivity contribution is 7.17. The number of alkyl halides is 6. The first-order valence-corrected chi connectivity index (χ1v) is 8.48. The second kappa shape index (κ2) is 7.27. The van der Waals surface area contributed by atoms with Crippen LogP contribution in [-0.4, -0.2) is 10.8 Å². The summed E-state index contributed by atoms with van der Waals surface area (Å²) in [6, 6.07) is 8.68. The molecular formula is C18H10F6N2OS. The van der Waals surface area contributed by atoms with Gasteiger partial charge in [0.15, 0.2) is 5.13 Å². The average Bonchev–Trinajstić information content (AvgIpc) is 3.08. The Kier molecular flexibility index (Phi) is 5.16. The van der Waals surface area contributed by atoms with Crippen LogP contribution >= 0.6 is 11.3 Å². The van der Waals surface area contributed by atoms with E-state index in [1.807, 2.05) is 0 Å². The summed E-state index contributed by atoms with van der Waals surface area (Å²) in [6.45, 7) is 0. The average molecular weight is 416 g/mol. The molecule has 0 unspecified atom stereocenters. The van der Waals surface area contributed by atoms with E-state index < -0.39 is 34.8 Å². The fraction of sp³-hybridized carbons (Fsp3) is 0.111. The molecule has 0 spiro atoms. The summed E-state index contributed by atoms with van der Waals surface area (Å²) in [4.78, 5) is 16.2. The number of nitrogens with zero attached hydrogens (tertiary/aromatic N) is 1. The lowest BCUT2D eigenvalue weighted by Gasteiger charge is -2.10. The molecule has 146 valence electrons. The van der Waals surface area contributed by atoms with Crippen molar-refractivity contribution >= 4 is 27.9 Å². The number of thiazole rings is 1. The molecule has 3 nitrogen and oxygen atoms in total. The number of ketones is 1. The summed E-state index contributed by atoms with van der Waals surface area (Å²) in [7, 11) is 0. The van der Waals surface area contributed by atoms with Gasteiger partial charge in [0.05, 0.1) is 22.2 Å². The van der Waals surface area contributed by atoms with Gasteiger partial charge in [-0.05, 0) is 24.3 Å². The maximum atomic E-state index is 13.1. The van der Waals surface area contributed by atoms with Gasteiger partial charge >= 0.3 is 12.4 Å². The SMILES string of the molecule is O=C(c1cnc(Nc2cccc(C(F)(F)F)c2)s1)c1ccccc1C(F)(F)F. The number of halogens is 6. The summed E-state index contributed by atoms with van der Waals surface area (Å²) in [6.07, 6.45) is -8.14. The minimum absolute atomic E-state index is 0.0761. The highest BCUT2D eigenvalue weighted by atomic mass is 32.1. The summed E-state index contributed by atoms with van der Waals surface area (Å²) in [5.41, 5.74) is -2.38. The first-order chi connectivity index (χ1) is 13.1. The van der Waals surface area contributed by atoms with Gasteiger partial charge in [-0.25, -0.2) is 4.98 Å². The van der Waals surface area contributed by atoms with E-state index in [2.05, 4.69) is 10.3 Å². The van der Waals surface area contributed by atoms with Gasteiger partial charge in [0, 0.05) is 11.3 Å². The van der Waals surface area contributed by atoms with Gasteiger partial charge in [-0.2, -0.15) is 26.3 Å². The Morgan fingerprint density at radius 2 is 1.64 bits per heavy atom. The molecule has 0 fully saturated rings. The molecule has 1 heterocycles. The van der Waals surface area contributed by atoms with Crippen LogP contribution in [0, 0.1) is 0 Å². The Morgan fingerprint density at radius 1 is 0.929 bits per heavy atom. The predicted molar refractivity (Wildman–Crippen MR) is 91.7 cm³/mol. The maximum Gasteiger partial charge on any atom is 0.417 e. The molecule has 10 heteroatoms. The molecule has 0 atom stereocenters. The van der Waals surface area contributed by atoms with E-state index in [9.17, 15) is 31.1 Å². The summed E-state index contributed by atoms with van der Waals surface area (Å²) in [5, 5.41) is 2.70. The van der Waals surface area contributed by atoms with Crippen LogP contribution in [0.2, 0.25) is 0 Å². The molecule has 0 radical (unpaired) electrons. The molecule has 1 aromatic heterocycles. The van der Waals surface area contributed by atoms with E-state index in [1.54, 1.807) is 0 Å². The van der Waals surface area contributed by atoms with Crippen molar-refractivity contribution in [1.82, 2.24) is 4.98 Å². The van der Waals surface area contributed by atoms with Crippen LogP contribution in [0.1, 0.15) is 26.4 Å². The fourth-order valence-corrected chi connectivity index (χ4v) is 3.19. The molecule has 0 aliphatic carbocycles. The van der Waals surface area contributed by atoms with Crippen molar-refractivity contribution in [2.24, 2.45) is 0 Å². The van der Waals surface area contributed by atoms with E-state index in [-0.39, 0.29) is 15.7 Å². The van der Waals surface area contributed by atoms with Gasteiger partial charge in [-0.3, -0.25) is 4.79 Å². The van der Waals surface area contributed by atoms with E-state index in [0.717, 1.165) is 41.8 Å². The second-order valence-corrected chi connectivity index (χ2v) is 6.64. The van der Waals surface area contributed by atoms with Crippen molar-refractivity contribution < 1.29 is 31.1 Å². The number of hydrogen-bond acceptors (Lipinski definition) is 4. The Labute approximate surface area is 158 Å². The van der Waals surface area contributed by atoms with Gasteiger partial charge in [-0.1, -0.05) is 35.6 Å². The number of hydrogen-bond donors (Lipinski definition) is 1. The molecule has 0 saturated carbocycles. The van der Waals surface area contributed by atoms with Crippen LogP contribution in [0.3, 0.4) is 0 Å². The molecule has 2 aromatic carbocycles. The predicted octanol–water partition coefficient (Wildman–Crippen LogP) is 6.16. The molecule has 1 N–H and O–H groups in total. The van der Waals surface area contributed by atoms with Crippen LogP contribution in [-0.2, 0) is 12.4 Å². The number of carbonyl (C=O) groups is 1.